The van der Waals surface area contributed by atoms with Gasteiger partial charge in [0.05, 0.1) is 33.3 Å². The first-order chi connectivity index (χ1) is 19.8. The minimum absolute atomic E-state index is 0.0420. The minimum atomic E-state index is -0.937. The second-order valence-corrected chi connectivity index (χ2v) is 9.06. The number of rotatable bonds is 18. The van der Waals surface area contributed by atoms with Gasteiger partial charge in [-0.25, -0.2) is 0 Å². The van der Waals surface area contributed by atoms with Gasteiger partial charge in [0.1, 0.15) is 19.3 Å². The highest BCUT2D eigenvalue weighted by Crippen LogP contribution is 2.13. The fourth-order valence-corrected chi connectivity index (χ4v) is 3.76. The van der Waals surface area contributed by atoms with Gasteiger partial charge in [-0.2, -0.15) is 0 Å². The second kappa shape index (κ2) is 18.9. The highest BCUT2D eigenvalue weighted by atomic mass is 16.5. The predicted molar refractivity (Wildman–Crippen MR) is 149 cm³/mol. The van der Waals surface area contributed by atoms with E-state index in [2.05, 4.69) is 10.6 Å². The molecule has 0 saturated heterocycles. The van der Waals surface area contributed by atoms with Crippen LogP contribution >= 0.6 is 0 Å². The number of carbonyl (C=O) groups is 5. The highest BCUT2D eigenvalue weighted by Gasteiger charge is 2.30. The monoisotopic (exact) mass is 570 g/mol. The van der Waals surface area contributed by atoms with E-state index in [1.807, 2.05) is 60.7 Å². The van der Waals surface area contributed by atoms with Crippen LogP contribution in [0.2, 0.25) is 0 Å². The van der Waals surface area contributed by atoms with Crippen molar-refractivity contribution >= 4 is 29.7 Å². The summed E-state index contributed by atoms with van der Waals surface area (Å²) >= 11 is 0. The van der Waals surface area contributed by atoms with Crippen molar-refractivity contribution in [1.29, 1.82) is 0 Å². The maximum atomic E-state index is 12.7. The van der Waals surface area contributed by atoms with Gasteiger partial charge < -0.3 is 30.6 Å². The van der Waals surface area contributed by atoms with E-state index in [0.29, 0.717) is 19.4 Å². The van der Waals surface area contributed by atoms with E-state index >= 15 is 0 Å². The first-order valence-corrected chi connectivity index (χ1v) is 13.3. The molecule has 4 N–H and O–H groups in total. The highest BCUT2D eigenvalue weighted by molar-refractivity contribution is 5.85. The first kappa shape index (κ1) is 32.9. The Bertz CT molecular complexity index is 1060. The minimum Gasteiger partial charge on any atom is -0.468 e. The Labute approximate surface area is 239 Å². The Morgan fingerprint density at radius 2 is 1.32 bits per heavy atom. The number of benzene rings is 2. The Morgan fingerprint density at radius 3 is 1.80 bits per heavy atom. The van der Waals surface area contributed by atoms with Crippen LogP contribution in [0.5, 0.6) is 0 Å². The molecule has 12 nitrogen and oxygen atoms in total. The molecular formula is C29H38N4O8. The number of hydrogen-bond acceptors (Lipinski definition) is 10. The molecule has 0 heterocycles. The Kier molecular flexibility index (Phi) is 15.2. The summed E-state index contributed by atoms with van der Waals surface area (Å²) in [6.45, 7) is -0.706. The summed E-state index contributed by atoms with van der Waals surface area (Å²) in [5.74, 6) is -2.67. The second-order valence-electron chi connectivity index (χ2n) is 9.06. The van der Waals surface area contributed by atoms with Gasteiger partial charge in [-0.15, -0.1) is 0 Å². The maximum absolute atomic E-state index is 12.7. The molecule has 1 atom stereocenters. The number of esters is 3. The van der Waals surface area contributed by atoms with Crippen LogP contribution in [0.15, 0.2) is 60.7 Å². The smallest absolute Gasteiger partial charge is 0.323 e. The van der Waals surface area contributed by atoms with Crippen molar-refractivity contribution in [2.75, 3.05) is 39.8 Å². The Balaban J connectivity index is 1.98. The quantitative estimate of drug-likeness (QED) is 0.132. The molecule has 222 valence electrons. The third kappa shape index (κ3) is 13.6. The van der Waals surface area contributed by atoms with Crippen LogP contribution in [0.1, 0.15) is 30.4 Å². The van der Waals surface area contributed by atoms with Crippen LogP contribution in [0.4, 0.5) is 0 Å². The average molecular weight is 571 g/mol. The molecule has 0 radical (unpaired) electrons. The van der Waals surface area contributed by atoms with Crippen molar-refractivity contribution in [3.8, 4) is 0 Å². The summed E-state index contributed by atoms with van der Waals surface area (Å²) in [7, 11) is 1.23. The molecule has 0 saturated carbocycles. The van der Waals surface area contributed by atoms with Crippen molar-refractivity contribution in [3.05, 3.63) is 71.8 Å². The number of nitrogens with zero attached hydrogens (tertiary/aromatic N) is 1. The van der Waals surface area contributed by atoms with E-state index in [1.165, 1.54) is 12.0 Å². The molecule has 2 aromatic carbocycles. The molecule has 2 aromatic rings. The van der Waals surface area contributed by atoms with Gasteiger partial charge in [-0.05, 0) is 30.4 Å². The molecule has 0 bridgehead atoms. The molecule has 2 rings (SSSR count). The molecule has 0 aliphatic heterocycles. The van der Waals surface area contributed by atoms with E-state index < -0.39 is 29.9 Å². The van der Waals surface area contributed by atoms with Crippen molar-refractivity contribution in [3.63, 3.8) is 0 Å². The van der Waals surface area contributed by atoms with Crippen molar-refractivity contribution in [2.45, 2.75) is 38.5 Å². The number of methoxy groups -OCH3 is 1. The summed E-state index contributed by atoms with van der Waals surface area (Å²) in [6, 6.07) is 17.3. The number of ether oxygens (including phenoxy) is 3. The van der Waals surface area contributed by atoms with Crippen molar-refractivity contribution in [2.24, 2.45) is 5.73 Å². The standard InChI is InChI=1S/C29H38N4O8/c1-39-29(38)24(14-8-9-15-31-26(35)17-32-25(34)16-30)33(18-27(36)40-20-22-10-4-2-5-11-22)19-28(37)41-21-23-12-6-3-7-13-23/h2-7,10-13,24H,8-9,14-21,30H2,1H3,(H,31,35)(H,32,34). The topological polar surface area (TPSA) is 166 Å². The van der Waals surface area contributed by atoms with E-state index in [0.717, 1.165) is 11.1 Å². The largest absolute Gasteiger partial charge is 0.468 e. The van der Waals surface area contributed by atoms with Gasteiger partial charge in [0.15, 0.2) is 0 Å². The van der Waals surface area contributed by atoms with Crippen LogP contribution in [0, 0.1) is 0 Å². The molecule has 0 fully saturated rings. The normalized spacial score (nSPS) is 11.3. The molecule has 41 heavy (non-hydrogen) atoms. The van der Waals surface area contributed by atoms with E-state index in [1.54, 1.807) is 0 Å². The molecule has 0 aromatic heterocycles. The number of hydrogen-bond donors (Lipinski definition) is 3. The molecule has 0 aliphatic carbocycles. The van der Waals surface area contributed by atoms with Crippen molar-refractivity contribution < 1.29 is 38.2 Å². The average Bonchev–Trinajstić information content (AvgIpc) is 2.99. The van der Waals surface area contributed by atoms with Crippen LogP contribution in [0.3, 0.4) is 0 Å². The van der Waals surface area contributed by atoms with Gasteiger partial charge in [-0.3, -0.25) is 28.9 Å². The summed E-state index contributed by atoms with van der Waals surface area (Å²) in [5, 5.41) is 5.04. The lowest BCUT2D eigenvalue weighted by Gasteiger charge is -2.28. The predicted octanol–water partition coefficient (Wildman–Crippen LogP) is 0.678. The molecule has 0 spiro atoms. The zero-order valence-corrected chi connectivity index (χ0v) is 23.2. The number of carbonyl (C=O) groups excluding carboxylic acids is 5. The van der Waals surface area contributed by atoms with E-state index in [9.17, 15) is 24.0 Å². The van der Waals surface area contributed by atoms with E-state index in [4.69, 9.17) is 19.9 Å². The summed E-state index contributed by atoms with van der Waals surface area (Å²) in [6.07, 6.45) is 1.20. The number of amides is 2. The fourth-order valence-electron chi connectivity index (χ4n) is 3.76. The first-order valence-electron chi connectivity index (χ1n) is 13.3. The fraction of sp³-hybridized carbons (Fsp3) is 0.414. The van der Waals surface area contributed by atoms with Gasteiger partial charge in [0.25, 0.3) is 0 Å². The van der Waals surface area contributed by atoms with Gasteiger partial charge >= 0.3 is 17.9 Å². The summed E-state index contributed by atoms with van der Waals surface area (Å²) < 4.78 is 15.7. The number of unbranched alkanes of at least 4 members (excludes halogenated alkanes) is 1. The molecule has 2 amide bonds. The van der Waals surface area contributed by atoms with E-state index in [-0.39, 0.29) is 51.7 Å². The lowest BCUT2D eigenvalue weighted by atomic mass is 10.1. The zero-order chi connectivity index (χ0) is 29.9. The Hall–Kier alpha value is -4.29. The molecule has 1 unspecified atom stereocenters. The van der Waals surface area contributed by atoms with Crippen molar-refractivity contribution in [1.82, 2.24) is 15.5 Å². The molecule has 0 aliphatic rings. The third-order valence-electron chi connectivity index (χ3n) is 5.92. The summed E-state index contributed by atoms with van der Waals surface area (Å²) in [4.78, 5) is 62.6. The number of nitrogens with one attached hydrogen (secondary N) is 2. The van der Waals surface area contributed by atoms with Crippen LogP contribution in [-0.4, -0.2) is 80.5 Å². The third-order valence-corrected chi connectivity index (χ3v) is 5.92. The van der Waals surface area contributed by atoms with Crippen LogP contribution < -0.4 is 16.4 Å². The number of nitrogens with two attached hydrogens (primary N) is 1. The molecular weight excluding hydrogens is 532 g/mol. The maximum Gasteiger partial charge on any atom is 0.323 e. The zero-order valence-electron chi connectivity index (χ0n) is 23.2. The van der Waals surface area contributed by atoms with Gasteiger partial charge in [0.2, 0.25) is 11.8 Å². The lowest BCUT2D eigenvalue weighted by Crippen LogP contribution is -2.47. The lowest BCUT2D eigenvalue weighted by molar-refractivity contribution is -0.156. The molecule has 12 heteroatoms. The Morgan fingerprint density at radius 1 is 0.780 bits per heavy atom. The van der Waals surface area contributed by atoms with Crippen LogP contribution in [-0.2, 0) is 51.4 Å². The van der Waals surface area contributed by atoms with Crippen LogP contribution in [0.25, 0.3) is 0 Å². The van der Waals surface area contributed by atoms with Gasteiger partial charge in [0, 0.05) is 6.54 Å². The van der Waals surface area contributed by atoms with Gasteiger partial charge in [-0.1, -0.05) is 60.7 Å². The summed E-state index contributed by atoms with van der Waals surface area (Å²) in [5.41, 5.74) is 6.78. The SMILES string of the molecule is COC(=O)C(CCCCNC(=O)CNC(=O)CN)N(CC(=O)OCc1ccccc1)CC(=O)OCc1ccccc1.